The molecule has 0 saturated heterocycles. The Hall–Kier alpha value is -1.76. The summed E-state index contributed by atoms with van der Waals surface area (Å²) in [5.41, 5.74) is 6.89. The third kappa shape index (κ3) is 2.25. The van der Waals surface area contributed by atoms with Crippen LogP contribution >= 0.6 is 0 Å². The Labute approximate surface area is 127 Å². The smallest absolute Gasteiger partial charge is 0.126 e. The molecule has 0 aromatic heterocycles. The van der Waals surface area contributed by atoms with Gasteiger partial charge in [0.2, 0.25) is 0 Å². The number of ether oxygens (including phenoxy) is 1. The van der Waals surface area contributed by atoms with E-state index in [2.05, 4.69) is 43.3 Å². The van der Waals surface area contributed by atoms with E-state index in [1.54, 1.807) is 0 Å². The van der Waals surface area contributed by atoms with Crippen LogP contribution in [0.3, 0.4) is 0 Å². The fraction of sp³-hybridized carbons (Fsp3) is 0.400. The van der Waals surface area contributed by atoms with Crippen molar-refractivity contribution in [1.82, 2.24) is 0 Å². The fourth-order valence-corrected chi connectivity index (χ4v) is 3.81. The van der Waals surface area contributed by atoms with Crippen LogP contribution in [0.2, 0.25) is 0 Å². The van der Waals surface area contributed by atoms with Crippen molar-refractivity contribution in [2.45, 2.75) is 51.6 Å². The molecule has 0 heterocycles. The lowest BCUT2D eigenvalue weighted by molar-refractivity contribution is 0.153. The van der Waals surface area contributed by atoms with E-state index in [1.165, 1.54) is 59.9 Å². The van der Waals surface area contributed by atoms with E-state index < -0.39 is 0 Å². The first-order valence-corrected chi connectivity index (χ1v) is 8.20. The van der Waals surface area contributed by atoms with E-state index in [0.717, 1.165) is 12.2 Å². The van der Waals surface area contributed by atoms with Gasteiger partial charge in [0, 0.05) is 12.0 Å². The van der Waals surface area contributed by atoms with Crippen LogP contribution in [0.5, 0.6) is 5.75 Å². The average molecular weight is 278 g/mol. The van der Waals surface area contributed by atoms with Gasteiger partial charge in [-0.3, -0.25) is 0 Å². The number of fused-ring (bicyclic) bond motifs is 3. The number of aryl methyl sites for hydroxylation is 1. The van der Waals surface area contributed by atoms with Crippen LogP contribution in [0, 0.1) is 6.92 Å². The van der Waals surface area contributed by atoms with Crippen molar-refractivity contribution in [1.29, 1.82) is 0 Å². The molecule has 0 aliphatic heterocycles. The van der Waals surface area contributed by atoms with Gasteiger partial charge in [0.15, 0.2) is 0 Å². The minimum atomic E-state index is 0.424. The molecule has 0 atom stereocenters. The second-order valence-electron chi connectivity index (χ2n) is 6.45. The zero-order chi connectivity index (χ0) is 14.2. The predicted molar refractivity (Wildman–Crippen MR) is 86.9 cm³/mol. The highest BCUT2D eigenvalue weighted by Gasteiger charge is 2.25. The maximum Gasteiger partial charge on any atom is 0.126 e. The van der Waals surface area contributed by atoms with Crippen molar-refractivity contribution in [3.8, 4) is 16.9 Å². The molecule has 4 rings (SSSR count). The molecule has 108 valence electrons. The van der Waals surface area contributed by atoms with E-state index in [-0.39, 0.29) is 0 Å². The number of benzene rings is 2. The molecular weight excluding hydrogens is 256 g/mol. The zero-order valence-electron chi connectivity index (χ0n) is 12.7. The molecule has 1 saturated carbocycles. The molecular formula is C20H22O. The van der Waals surface area contributed by atoms with Crippen molar-refractivity contribution in [2.75, 3.05) is 0 Å². The first kappa shape index (κ1) is 12.9. The molecule has 1 fully saturated rings. The van der Waals surface area contributed by atoms with Crippen LogP contribution in [0.25, 0.3) is 11.1 Å². The Morgan fingerprint density at radius 3 is 2.57 bits per heavy atom. The average Bonchev–Trinajstić information content (AvgIpc) is 2.90. The summed E-state index contributed by atoms with van der Waals surface area (Å²) in [5, 5.41) is 0. The topological polar surface area (TPSA) is 9.23 Å². The van der Waals surface area contributed by atoms with Gasteiger partial charge in [0.1, 0.15) is 5.75 Å². The lowest BCUT2D eigenvalue weighted by atomic mass is 9.97. The Balaban J connectivity index is 1.72. The molecule has 2 aliphatic carbocycles. The van der Waals surface area contributed by atoms with Gasteiger partial charge >= 0.3 is 0 Å². The maximum absolute atomic E-state index is 6.46. The molecule has 1 heteroatoms. The first-order valence-electron chi connectivity index (χ1n) is 8.20. The quantitative estimate of drug-likeness (QED) is 0.620. The highest BCUT2D eigenvalue weighted by atomic mass is 16.5. The lowest BCUT2D eigenvalue weighted by Crippen LogP contribution is -2.20. The number of hydrogen-bond donors (Lipinski definition) is 0. The third-order valence-electron chi connectivity index (χ3n) is 4.97. The summed E-state index contributed by atoms with van der Waals surface area (Å²) in [6, 6.07) is 13.2. The van der Waals surface area contributed by atoms with E-state index in [1.807, 2.05) is 0 Å². The van der Waals surface area contributed by atoms with Gasteiger partial charge in [-0.1, -0.05) is 42.8 Å². The van der Waals surface area contributed by atoms with E-state index >= 15 is 0 Å². The van der Waals surface area contributed by atoms with Gasteiger partial charge in [-0.2, -0.15) is 0 Å². The first-order chi connectivity index (χ1) is 10.3. The summed E-state index contributed by atoms with van der Waals surface area (Å²) < 4.78 is 6.46. The summed E-state index contributed by atoms with van der Waals surface area (Å²) >= 11 is 0. The van der Waals surface area contributed by atoms with Gasteiger partial charge in [-0.15, -0.1) is 0 Å². The molecule has 0 bridgehead atoms. The minimum Gasteiger partial charge on any atom is -0.490 e. The number of rotatable bonds is 2. The molecule has 0 N–H and O–H groups in total. The SMILES string of the molecule is Cc1ccc2c(c1OC1CCCCC1)Cc1ccccc1-2. The molecule has 0 amide bonds. The fourth-order valence-electron chi connectivity index (χ4n) is 3.81. The highest BCUT2D eigenvalue weighted by molar-refractivity contribution is 5.79. The van der Waals surface area contributed by atoms with E-state index in [9.17, 15) is 0 Å². The summed E-state index contributed by atoms with van der Waals surface area (Å²) in [7, 11) is 0. The standard InChI is InChI=1S/C20H22O/c1-14-11-12-18-17-10-6-5-7-15(17)13-19(18)20(14)21-16-8-3-2-4-9-16/h5-7,10-12,16H,2-4,8-9,13H2,1H3. The van der Waals surface area contributed by atoms with Crippen LogP contribution in [0.1, 0.15) is 48.8 Å². The molecule has 2 aromatic rings. The Morgan fingerprint density at radius 1 is 0.905 bits per heavy atom. The normalized spacial score (nSPS) is 17.4. The van der Waals surface area contributed by atoms with E-state index in [0.29, 0.717) is 6.10 Å². The lowest BCUT2D eigenvalue weighted by Gasteiger charge is -2.25. The molecule has 2 aliphatic rings. The van der Waals surface area contributed by atoms with Crippen LogP contribution in [0.4, 0.5) is 0 Å². The van der Waals surface area contributed by atoms with Crippen molar-refractivity contribution < 1.29 is 4.74 Å². The minimum absolute atomic E-state index is 0.424. The third-order valence-corrected chi connectivity index (χ3v) is 4.97. The van der Waals surface area contributed by atoms with Crippen LogP contribution in [0.15, 0.2) is 36.4 Å². The summed E-state index contributed by atoms with van der Waals surface area (Å²) in [6.45, 7) is 2.18. The summed E-state index contributed by atoms with van der Waals surface area (Å²) in [6.07, 6.45) is 7.89. The van der Waals surface area contributed by atoms with Gasteiger partial charge in [-0.25, -0.2) is 0 Å². The van der Waals surface area contributed by atoms with Gasteiger partial charge in [0.05, 0.1) is 6.10 Å². The van der Waals surface area contributed by atoms with Crippen molar-refractivity contribution in [2.24, 2.45) is 0 Å². The highest BCUT2D eigenvalue weighted by Crippen LogP contribution is 2.43. The second kappa shape index (κ2) is 5.22. The monoisotopic (exact) mass is 278 g/mol. The molecule has 0 unspecified atom stereocenters. The van der Waals surface area contributed by atoms with Crippen molar-refractivity contribution in [3.63, 3.8) is 0 Å². The van der Waals surface area contributed by atoms with Gasteiger partial charge in [-0.05, 0) is 54.9 Å². The second-order valence-corrected chi connectivity index (χ2v) is 6.45. The number of hydrogen-bond acceptors (Lipinski definition) is 1. The van der Waals surface area contributed by atoms with Crippen molar-refractivity contribution in [3.05, 3.63) is 53.1 Å². The van der Waals surface area contributed by atoms with Crippen molar-refractivity contribution >= 4 is 0 Å². The maximum atomic E-state index is 6.46. The molecule has 2 aromatic carbocycles. The Bertz CT molecular complexity index is 666. The Kier molecular flexibility index (Phi) is 3.21. The van der Waals surface area contributed by atoms with Crippen LogP contribution < -0.4 is 4.74 Å². The zero-order valence-corrected chi connectivity index (χ0v) is 12.7. The van der Waals surface area contributed by atoms with Gasteiger partial charge in [0.25, 0.3) is 0 Å². The Morgan fingerprint density at radius 2 is 1.71 bits per heavy atom. The molecule has 0 radical (unpaired) electrons. The van der Waals surface area contributed by atoms with Crippen LogP contribution in [-0.4, -0.2) is 6.10 Å². The predicted octanol–water partition coefficient (Wildman–Crippen LogP) is 5.28. The summed E-state index contributed by atoms with van der Waals surface area (Å²) in [4.78, 5) is 0. The molecule has 0 spiro atoms. The van der Waals surface area contributed by atoms with Gasteiger partial charge < -0.3 is 4.74 Å². The molecule has 1 nitrogen and oxygen atoms in total. The largest absolute Gasteiger partial charge is 0.490 e. The van der Waals surface area contributed by atoms with Crippen LogP contribution in [-0.2, 0) is 6.42 Å². The summed E-state index contributed by atoms with van der Waals surface area (Å²) in [5.74, 6) is 1.16. The molecule has 21 heavy (non-hydrogen) atoms. The van der Waals surface area contributed by atoms with E-state index in [4.69, 9.17) is 4.74 Å².